The van der Waals surface area contributed by atoms with E-state index in [1.807, 2.05) is 0 Å². The van der Waals surface area contributed by atoms with Crippen LogP contribution in [0.2, 0.25) is 0 Å². The number of aryl methyl sites for hydroxylation is 1. The zero-order chi connectivity index (χ0) is 15.6. The van der Waals surface area contributed by atoms with Crippen molar-refractivity contribution in [3.63, 3.8) is 0 Å². The minimum Gasteiger partial charge on any atom is -0.405 e. The number of aromatic amines is 1. The first-order valence-electron chi connectivity index (χ1n) is 6.60. The van der Waals surface area contributed by atoms with Gasteiger partial charge < -0.3 is 20.7 Å². The summed E-state index contributed by atoms with van der Waals surface area (Å²) in [5.74, 6) is 0. The van der Waals surface area contributed by atoms with Gasteiger partial charge in [0.15, 0.2) is 5.72 Å². The molecule has 0 unspecified atom stereocenters. The van der Waals surface area contributed by atoms with Gasteiger partial charge in [0.1, 0.15) is 6.10 Å². The van der Waals surface area contributed by atoms with Crippen LogP contribution in [0.1, 0.15) is 18.4 Å². The second-order valence-corrected chi connectivity index (χ2v) is 5.13. The number of H-pyrrole nitrogens is 1. The normalized spacial score (nSPS) is 29.3. The highest BCUT2D eigenvalue weighted by Crippen LogP contribution is 2.37. The Bertz CT molecular complexity index is 650. The van der Waals surface area contributed by atoms with Crippen LogP contribution in [0.4, 0.5) is 0 Å². The molecular formula is C13H19N3O5. The molecule has 0 aliphatic carbocycles. The van der Waals surface area contributed by atoms with Crippen LogP contribution < -0.4 is 17.0 Å². The molecule has 5 N–H and O–H groups in total. The fraction of sp³-hybridized carbons (Fsp3) is 0.538. The summed E-state index contributed by atoms with van der Waals surface area (Å²) >= 11 is 0. The molecule has 8 heteroatoms. The van der Waals surface area contributed by atoms with Gasteiger partial charge in [-0.15, -0.1) is 0 Å². The van der Waals surface area contributed by atoms with Gasteiger partial charge in [-0.3, -0.25) is 14.3 Å². The lowest BCUT2D eigenvalue weighted by molar-refractivity contribution is -0.117. The summed E-state index contributed by atoms with van der Waals surface area (Å²) in [6, 6.07) is 0. The minimum absolute atomic E-state index is 0.105. The third kappa shape index (κ3) is 2.78. The fourth-order valence-electron chi connectivity index (χ4n) is 2.53. The second-order valence-electron chi connectivity index (χ2n) is 5.13. The Morgan fingerprint density at radius 1 is 1.62 bits per heavy atom. The van der Waals surface area contributed by atoms with Crippen molar-refractivity contribution in [1.29, 1.82) is 0 Å². The number of rotatable bonds is 4. The lowest BCUT2D eigenvalue weighted by Crippen LogP contribution is -2.44. The zero-order valence-electron chi connectivity index (χ0n) is 11.7. The van der Waals surface area contributed by atoms with Crippen molar-refractivity contribution in [3.8, 4) is 0 Å². The number of nitrogens with zero attached hydrogens (tertiary/aromatic N) is 1. The number of aliphatic hydroxyl groups excluding tert-OH is 2. The molecule has 1 aliphatic heterocycles. The van der Waals surface area contributed by atoms with Crippen LogP contribution in [-0.4, -0.2) is 38.6 Å². The standard InChI is InChI=1S/C13H19N3O5/c1-8-6-16(12(20)15-11(8)19)13(3-2-4-14)5-9(18)10(7-17)21-13/h2,4,6,9-10,17-18H,3,5,7,14H2,1H3,(H,15,19,20)/t9-,10+,13+/m0/s1. The predicted octanol–water partition coefficient (Wildman–Crippen LogP) is -1.50. The zero-order valence-corrected chi connectivity index (χ0v) is 11.7. The van der Waals surface area contributed by atoms with Gasteiger partial charge in [-0.2, -0.15) is 0 Å². The predicted molar refractivity (Wildman–Crippen MR) is 74.6 cm³/mol. The maximum atomic E-state index is 12.1. The van der Waals surface area contributed by atoms with Crippen LogP contribution >= 0.6 is 0 Å². The van der Waals surface area contributed by atoms with E-state index in [-0.39, 0.29) is 19.4 Å². The Morgan fingerprint density at radius 3 is 2.90 bits per heavy atom. The van der Waals surface area contributed by atoms with Crippen LogP contribution in [0.15, 0.2) is 28.1 Å². The number of nitrogens with one attached hydrogen (secondary N) is 1. The number of aromatic nitrogens is 2. The Hall–Kier alpha value is -1.90. The summed E-state index contributed by atoms with van der Waals surface area (Å²) in [5, 5.41) is 19.2. The minimum atomic E-state index is -1.19. The number of nitrogens with two attached hydrogens (primary N) is 1. The van der Waals surface area contributed by atoms with Crippen LogP contribution in [0, 0.1) is 6.92 Å². The molecule has 0 bridgehead atoms. The Balaban J connectivity index is 2.54. The topological polar surface area (TPSA) is 131 Å². The summed E-state index contributed by atoms with van der Waals surface area (Å²) in [7, 11) is 0. The van der Waals surface area contributed by atoms with Crippen LogP contribution in [0.3, 0.4) is 0 Å². The number of ether oxygens (including phenoxy) is 1. The van der Waals surface area contributed by atoms with Gasteiger partial charge in [0, 0.05) is 24.6 Å². The molecule has 0 radical (unpaired) electrons. The SMILES string of the molecule is Cc1cn([C@@]2(CC=CN)C[C@H](O)[C@@H](CO)O2)c(=O)[nH]c1=O. The molecular weight excluding hydrogens is 278 g/mol. The first kappa shape index (κ1) is 15.5. The van der Waals surface area contributed by atoms with E-state index in [1.54, 1.807) is 13.0 Å². The maximum absolute atomic E-state index is 12.1. The van der Waals surface area contributed by atoms with E-state index >= 15 is 0 Å². The molecule has 0 aromatic carbocycles. The third-order valence-electron chi connectivity index (χ3n) is 3.64. The van der Waals surface area contributed by atoms with Crippen molar-refractivity contribution < 1.29 is 14.9 Å². The smallest absolute Gasteiger partial charge is 0.330 e. The average molecular weight is 297 g/mol. The second kappa shape index (κ2) is 5.84. The Morgan fingerprint density at radius 2 is 2.33 bits per heavy atom. The summed E-state index contributed by atoms with van der Waals surface area (Å²) in [6.45, 7) is 1.20. The third-order valence-corrected chi connectivity index (χ3v) is 3.64. The Kier molecular flexibility index (Phi) is 4.31. The molecule has 2 rings (SSSR count). The number of aliphatic hydroxyl groups is 2. The van der Waals surface area contributed by atoms with Crippen LogP contribution in [0.25, 0.3) is 0 Å². The molecule has 2 heterocycles. The molecule has 0 amide bonds. The lowest BCUT2D eigenvalue weighted by Gasteiger charge is -2.30. The molecule has 0 saturated carbocycles. The monoisotopic (exact) mass is 297 g/mol. The highest BCUT2D eigenvalue weighted by Gasteiger charge is 2.47. The van der Waals surface area contributed by atoms with Gasteiger partial charge in [-0.1, -0.05) is 6.08 Å². The highest BCUT2D eigenvalue weighted by molar-refractivity contribution is 5.06. The van der Waals surface area contributed by atoms with Crippen molar-refractivity contribution in [2.24, 2.45) is 5.73 Å². The quantitative estimate of drug-likeness (QED) is 0.535. The number of hydrogen-bond acceptors (Lipinski definition) is 6. The lowest BCUT2D eigenvalue weighted by atomic mass is 10.0. The molecule has 21 heavy (non-hydrogen) atoms. The largest absolute Gasteiger partial charge is 0.405 e. The summed E-state index contributed by atoms with van der Waals surface area (Å²) in [5.41, 5.74) is 3.39. The van der Waals surface area contributed by atoms with Gasteiger partial charge in [-0.05, 0) is 13.1 Å². The van der Waals surface area contributed by atoms with E-state index < -0.39 is 29.2 Å². The van der Waals surface area contributed by atoms with Gasteiger partial charge in [0.2, 0.25) is 0 Å². The molecule has 1 aromatic rings. The first-order chi connectivity index (χ1) is 9.93. The molecule has 116 valence electrons. The van der Waals surface area contributed by atoms with Crippen molar-refractivity contribution in [3.05, 3.63) is 44.9 Å². The van der Waals surface area contributed by atoms with E-state index in [4.69, 9.17) is 10.5 Å². The van der Waals surface area contributed by atoms with Crippen molar-refractivity contribution in [2.45, 2.75) is 37.7 Å². The van der Waals surface area contributed by atoms with Crippen LogP contribution in [-0.2, 0) is 10.5 Å². The van der Waals surface area contributed by atoms with Gasteiger partial charge in [0.25, 0.3) is 5.56 Å². The molecule has 1 fully saturated rings. The average Bonchev–Trinajstić information content (AvgIpc) is 2.78. The van der Waals surface area contributed by atoms with E-state index in [9.17, 15) is 19.8 Å². The molecule has 1 saturated heterocycles. The summed E-state index contributed by atoms with van der Waals surface area (Å²) in [6.07, 6.45) is 2.91. The summed E-state index contributed by atoms with van der Waals surface area (Å²) in [4.78, 5) is 25.8. The highest BCUT2D eigenvalue weighted by atomic mass is 16.6. The molecule has 3 atom stereocenters. The summed E-state index contributed by atoms with van der Waals surface area (Å²) < 4.78 is 6.95. The van der Waals surface area contributed by atoms with E-state index in [1.165, 1.54) is 17.0 Å². The molecule has 1 aliphatic rings. The van der Waals surface area contributed by atoms with E-state index in [0.29, 0.717) is 5.56 Å². The molecule has 0 spiro atoms. The van der Waals surface area contributed by atoms with E-state index in [0.717, 1.165) is 0 Å². The van der Waals surface area contributed by atoms with Crippen molar-refractivity contribution in [1.82, 2.24) is 9.55 Å². The molecule has 1 aromatic heterocycles. The van der Waals surface area contributed by atoms with Crippen molar-refractivity contribution >= 4 is 0 Å². The molecule has 8 nitrogen and oxygen atoms in total. The van der Waals surface area contributed by atoms with Gasteiger partial charge in [0.05, 0.1) is 12.7 Å². The van der Waals surface area contributed by atoms with Crippen LogP contribution in [0.5, 0.6) is 0 Å². The first-order valence-corrected chi connectivity index (χ1v) is 6.60. The van der Waals surface area contributed by atoms with Crippen molar-refractivity contribution in [2.75, 3.05) is 6.61 Å². The van der Waals surface area contributed by atoms with Gasteiger partial charge >= 0.3 is 5.69 Å². The van der Waals surface area contributed by atoms with E-state index in [2.05, 4.69) is 4.98 Å². The fourth-order valence-corrected chi connectivity index (χ4v) is 2.53. The maximum Gasteiger partial charge on any atom is 0.330 e. The Labute approximate surface area is 120 Å². The van der Waals surface area contributed by atoms with Gasteiger partial charge in [-0.25, -0.2) is 4.79 Å². The number of hydrogen-bond donors (Lipinski definition) is 4.